The molecule has 4 rings (SSSR count). The van der Waals surface area contributed by atoms with Gasteiger partial charge in [-0.3, -0.25) is 0 Å². The van der Waals surface area contributed by atoms with E-state index in [1.54, 1.807) is 29.7 Å². The molecule has 3 aromatic rings. The summed E-state index contributed by atoms with van der Waals surface area (Å²) in [4.78, 5) is 5.82. The van der Waals surface area contributed by atoms with Crippen LogP contribution in [0.25, 0.3) is 11.3 Å². The summed E-state index contributed by atoms with van der Waals surface area (Å²) in [5.74, 6) is 1.26. The first kappa shape index (κ1) is 17.4. The van der Waals surface area contributed by atoms with E-state index in [2.05, 4.69) is 11.1 Å². The van der Waals surface area contributed by atoms with Crippen LogP contribution in [0.15, 0.2) is 39.7 Å². The van der Waals surface area contributed by atoms with Gasteiger partial charge < -0.3 is 4.42 Å². The topological polar surface area (TPSA) is 49.3 Å². The molecule has 6 heteroatoms. The van der Waals surface area contributed by atoms with E-state index in [1.807, 2.05) is 18.2 Å². The Kier molecular flexibility index (Phi) is 4.86. The van der Waals surface area contributed by atoms with Crippen molar-refractivity contribution >= 4 is 45.8 Å². The minimum Gasteiger partial charge on any atom is -0.455 e. The average Bonchev–Trinajstić information content (AvgIpc) is 3.23. The highest BCUT2D eigenvalue weighted by molar-refractivity contribution is 7.16. The Labute approximate surface area is 165 Å². The van der Waals surface area contributed by atoms with Gasteiger partial charge in [-0.25, -0.2) is 4.99 Å². The Morgan fingerprint density at radius 3 is 2.81 bits per heavy atom. The number of thiophene rings is 1. The maximum atomic E-state index is 9.50. The normalized spacial score (nSPS) is 13.7. The number of hydrogen-bond donors (Lipinski definition) is 0. The Morgan fingerprint density at radius 1 is 1.15 bits per heavy atom. The van der Waals surface area contributed by atoms with E-state index in [0.29, 0.717) is 27.1 Å². The summed E-state index contributed by atoms with van der Waals surface area (Å²) in [5, 5.41) is 11.4. The van der Waals surface area contributed by atoms with Crippen LogP contribution in [-0.2, 0) is 12.8 Å². The first-order chi connectivity index (χ1) is 12.7. The predicted molar refractivity (Wildman–Crippen MR) is 107 cm³/mol. The molecule has 0 unspecified atom stereocenters. The zero-order valence-corrected chi connectivity index (χ0v) is 16.1. The van der Waals surface area contributed by atoms with Crippen molar-refractivity contribution in [1.82, 2.24) is 0 Å². The molecule has 1 aliphatic carbocycles. The maximum Gasteiger partial charge on any atom is 0.145 e. The molecule has 1 aliphatic rings. The molecule has 0 radical (unpaired) electrons. The van der Waals surface area contributed by atoms with Crippen LogP contribution in [-0.4, -0.2) is 6.21 Å². The SMILES string of the molecule is N#Cc1c(N=Cc2ccc(-c3ccc(Cl)cc3Cl)o2)sc2c1CCCC2. The van der Waals surface area contributed by atoms with Gasteiger partial charge in [-0.15, -0.1) is 11.3 Å². The highest BCUT2D eigenvalue weighted by Gasteiger charge is 2.20. The molecule has 0 saturated heterocycles. The van der Waals surface area contributed by atoms with Crippen LogP contribution >= 0.6 is 34.5 Å². The molecule has 0 saturated carbocycles. The molecule has 0 amide bonds. The van der Waals surface area contributed by atoms with E-state index < -0.39 is 0 Å². The van der Waals surface area contributed by atoms with Gasteiger partial charge in [0.05, 0.1) is 16.8 Å². The number of aliphatic imine (C=N–C) groups is 1. The zero-order chi connectivity index (χ0) is 18.1. The second-order valence-electron chi connectivity index (χ2n) is 6.09. The number of hydrogen-bond acceptors (Lipinski definition) is 4. The largest absolute Gasteiger partial charge is 0.455 e. The Bertz CT molecular complexity index is 1040. The number of aryl methyl sites for hydroxylation is 1. The minimum absolute atomic E-state index is 0.535. The summed E-state index contributed by atoms with van der Waals surface area (Å²) < 4.78 is 5.83. The van der Waals surface area contributed by atoms with Crippen LogP contribution in [0.1, 0.15) is 34.6 Å². The summed E-state index contributed by atoms with van der Waals surface area (Å²) in [6.45, 7) is 0. The lowest BCUT2D eigenvalue weighted by atomic mass is 9.96. The average molecular weight is 401 g/mol. The van der Waals surface area contributed by atoms with Crippen LogP contribution in [0.4, 0.5) is 5.00 Å². The summed E-state index contributed by atoms with van der Waals surface area (Å²) in [6, 6.07) is 11.3. The van der Waals surface area contributed by atoms with Gasteiger partial charge in [0.15, 0.2) is 0 Å². The van der Waals surface area contributed by atoms with Crippen molar-refractivity contribution in [3.63, 3.8) is 0 Å². The van der Waals surface area contributed by atoms with E-state index in [1.165, 1.54) is 16.9 Å². The number of halogens is 2. The molecule has 0 N–H and O–H groups in total. The Hall–Kier alpha value is -2.06. The minimum atomic E-state index is 0.535. The third kappa shape index (κ3) is 3.31. The van der Waals surface area contributed by atoms with E-state index in [9.17, 15) is 5.26 Å². The number of fused-ring (bicyclic) bond motifs is 1. The Balaban J connectivity index is 1.62. The van der Waals surface area contributed by atoms with Crippen LogP contribution in [0, 0.1) is 11.3 Å². The second kappa shape index (κ2) is 7.28. The van der Waals surface area contributed by atoms with E-state index in [4.69, 9.17) is 27.6 Å². The van der Waals surface area contributed by atoms with Gasteiger partial charge >= 0.3 is 0 Å². The van der Waals surface area contributed by atoms with Crippen molar-refractivity contribution in [2.75, 3.05) is 0 Å². The first-order valence-corrected chi connectivity index (χ1v) is 9.87. The third-order valence-electron chi connectivity index (χ3n) is 4.40. The van der Waals surface area contributed by atoms with Crippen molar-refractivity contribution in [1.29, 1.82) is 5.26 Å². The molecule has 0 atom stereocenters. The van der Waals surface area contributed by atoms with Crippen molar-refractivity contribution in [2.45, 2.75) is 25.7 Å². The molecular weight excluding hydrogens is 387 g/mol. The molecule has 26 heavy (non-hydrogen) atoms. The third-order valence-corrected chi connectivity index (χ3v) is 6.14. The van der Waals surface area contributed by atoms with Crippen LogP contribution in [0.2, 0.25) is 10.0 Å². The smallest absolute Gasteiger partial charge is 0.145 e. The summed E-state index contributed by atoms with van der Waals surface area (Å²) in [6.07, 6.45) is 6.01. The van der Waals surface area contributed by atoms with E-state index in [-0.39, 0.29) is 0 Å². The van der Waals surface area contributed by atoms with Crippen molar-refractivity contribution in [2.24, 2.45) is 4.99 Å². The molecule has 3 nitrogen and oxygen atoms in total. The molecule has 1 aromatic carbocycles. The van der Waals surface area contributed by atoms with Crippen molar-refractivity contribution < 1.29 is 4.42 Å². The number of nitriles is 1. The lowest BCUT2D eigenvalue weighted by Crippen LogP contribution is -1.99. The number of nitrogens with zero attached hydrogens (tertiary/aromatic N) is 2. The number of benzene rings is 1. The first-order valence-electron chi connectivity index (χ1n) is 8.29. The van der Waals surface area contributed by atoms with Gasteiger partial charge in [-0.05, 0) is 61.6 Å². The zero-order valence-electron chi connectivity index (χ0n) is 13.8. The molecule has 0 fully saturated rings. The van der Waals surface area contributed by atoms with Gasteiger partial charge in [-0.1, -0.05) is 23.2 Å². The fraction of sp³-hybridized carbons (Fsp3) is 0.200. The van der Waals surface area contributed by atoms with Crippen molar-refractivity contribution in [3.05, 3.63) is 62.1 Å². The fourth-order valence-corrected chi connectivity index (χ4v) is 4.82. The molecule has 0 bridgehead atoms. The predicted octanol–water partition coefficient (Wildman–Crippen LogP) is 6.82. The van der Waals surface area contributed by atoms with Gasteiger partial charge in [0, 0.05) is 15.5 Å². The Morgan fingerprint density at radius 2 is 2.00 bits per heavy atom. The quantitative estimate of drug-likeness (QED) is 0.452. The van der Waals surface area contributed by atoms with Crippen LogP contribution in [0.3, 0.4) is 0 Å². The van der Waals surface area contributed by atoms with Crippen LogP contribution in [0.5, 0.6) is 0 Å². The molecule has 130 valence electrons. The van der Waals surface area contributed by atoms with Crippen molar-refractivity contribution in [3.8, 4) is 17.4 Å². The highest BCUT2D eigenvalue weighted by atomic mass is 35.5. The second-order valence-corrected chi connectivity index (χ2v) is 8.01. The standard InChI is InChI=1S/C20H14Cl2N2OS/c21-12-5-7-15(17(22)9-12)18-8-6-13(25-18)11-24-20-16(10-23)14-3-1-2-4-19(14)26-20/h5-9,11H,1-4H2. The van der Waals surface area contributed by atoms with E-state index in [0.717, 1.165) is 29.8 Å². The summed E-state index contributed by atoms with van der Waals surface area (Å²) in [5.41, 5.74) is 2.68. The summed E-state index contributed by atoms with van der Waals surface area (Å²) >= 11 is 13.8. The fourth-order valence-electron chi connectivity index (χ4n) is 3.14. The molecule has 2 aromatic heterocycles. The highest BCUT2D eigenvalue weighted by Crippen LogP contribution is 2.39. The van der Waals surface area contributed by atoms with Gasteiger partial charge in [0.1, 0.15) is 22.6 Å². The molecular formula is C20H14Cl2N2OS. The lowest BCUT2D eigenvalue weighted by Gasteiger charge is -2.09. The van der Waals surface area contributed by atoms with E-state index >= 15 is 0 Å². The van der Waals surface area contributed by atoms with Gasteiger partial charge in [0.2, 0.25) is 0 Å². The number of rotatable bonds is 3. The summed E-state index contributed by atoms with van der Waals surface area (Å²) in [7, 11) is 0. The molecule has 0 aliphatic heterocycles. The molecule has 2 heterocycles. The number of furan rings is 1. The monoisotopic (exact) mass is 400 g/mol. The van der Waals surface area contributed by atoms with Gasteiger partial charge in [-0.2, -0.15) is 5.26 Å². The molecule has 0 spiro atoms. The van der Waals surface area contributed by atoms with Gasteiger partial charge in [0.25, 0.3) is 0 Å². The maximum absolute atomic E-state index is 9.50. The van der Waals surface area contributed by atoms with Crippen LogP contribution < -0.4 is 0 Å². The lowest BCUT2D eigenvalue weighted by molar-refractivity contribution is 0.575.